The van der Waals surface area contributed by atoms with Crippen molar-refractivity contribution in [3.63, 3.8) is 0 Å². The zero-order valence-electron chi connectivity index (χ0n) is 17.6. The lowest BCUT2D eigenvalue weighted by Gasteiger charge is -2.11. The molecule has 1 N–H and O–H groups in total. The van der Waals surface area contributed by atoms with Crippen molar-refractivity contribution in [2.24, 2.45) is 0 Å². The van der Waals surface area contributed by atoms with Crippen molar-refractivity contribution in [3.05, 3.63) is 94.0 Å². The van der Waals surface area contributed by atoms with Crippen LogP contribution >= 0.6 is 15.9 Å². The number of nitrogens with zero attached hydrogens (tertiary/aromatic N) is 1. The number of hydrogen-bond acceptors (Lipinski definition) is 3. The van der Waals surface area contributed by atoms with Gasteiger partial charge in [0, 0.05) is 31.8 Å². The molecular formula is C25H25BrN2O3. The number of carbonyl (C=O) groups is 2. The van der Waals surface area contributed by atoms with E-state index in [9.17, 15) is 9.59 Å². The molecule has 0 atom stereocenters. The van der Waals surface area contributed by atoms with E-state index in [0.29, 0.717) is 30.0 Å². The first-order chi connectivity index (χ1) is 14.9. The first-order valence-corrected chi connectivity index (χ1v) is 10.8. The van der Waals surface area contributed by atoms with Crippen molar-refractivity contribution >= 4 is 33.4 Å². The highest BCUT2D eigenvalue weighted by Crippen LogP contribution is 2.26. The summed E-state index contributed by atoms with van der Waals surface area (Å²) in [5.41, 5.74) is 3.31. The molecule has 3 rings (SSSR count). The van der Waals surface area contributed by atoms with Crippen molar-refractivity contribution < 1.29 is 14.3 Å². The maximum absolute atomic E-state index is 12.6. The third kappa shape index (κ3) is 6.69. The summed E-state index contributed by atoms with van der Waals surface area (Å²) in [5, 5.41) is 2.88. The molecule has 6 heteroatoms. The van der Waals surface area contributed by atoms with Gasteiger partial charge in [0.15, 0.2) is 0 Å². The van der Waals surface area contributed by atoms with E-state index in [1.807, 2.05) is 30.3 Å². The fraction of sp³-hybridized carbons (Fsp3) is 0.200. The van der Waals surface area contributed by atoms with Crippen LogP contribution in [0.15, 0.2) is 77.3 Å². The molecule has 3 aromatic carbocycles. The molecule has 0 saturated carbocycles. The number of hydrogen-bond donors (Lipinski definition) is 1. The van der Waals surface area contributed by atoms with Crippen LogP contribution < -0.4 is 10.1 Å². The maximum Gasteiger partial charge on any atom is 0.255 e. The molecule has 0 unspecified atom stereocenters. The van der Waals surface area contributed by atoms with E-state index in [4.69, 9.17) is 4.74 Å². The van der Waals surface area contributed by atoms with Gasteiger partial charge in [0.25, 0.3) is 5.91 Å². The highest BCUT2D eigenvalue weighted by atomic mass is 79.9. The van der Waals surface area contributed by atoms with Crippen molar-refractivity contribution in [1.29, 1.82) is 0 Å². The zero-order valence-corrected chi connectivity index (χ0v) is 19.2. The Morgan fingerprint density at radius 2 is 1.65 bits per heavy atom. The number of likely N-dealkylation sites (N-methyl/N-ethyl adjacent to an activating group) is 1. The molecule has 0 bridgehead atoms. The minimum Gasteiger partial charge on any atom is -0.492 e. The number of benzene rings is 3. The minimum absolute atomic E-state index is 0.0349. The highest BCUT2D eigenvalue weighted by molar-refractivity contribution is 9.10. The van der Waals surface area contributed by atoms with Crippen LogP contribution in [-0.4, -0.2) is 37.4 Å². The van der Waals surface area contributed by atoms with Crippen LogP contribution in [0.25, 0.3) is 0 Å². The SMILES string of the molecule is CN(C)C(=O)Cc1ccc(NC(=O)c2ccc(OCCc3ccccc3)c(Br)c2)cc1. The molecule has 2 amide bonds. The molecule has 0 radical (unpaired) electrons. The van der Waals surface area contributed by atoms with Gasteiger partial charge < -0.3 is 15.0 Å². The van der Waals surface area contributed by atoms with E-state index in [0.717, 1.165) is 16.5 Å². The summed E-state index contributed by atoms with van der Waals surface area (Å²) in [6, 6.07) is 22.7. The maximum atomic E-state index is 12.6. The van der Waals surface area contributed by atoms with Gasteiger partial charge in [-0.15, -0.1) is 0 Å². The lowest BCUT2D eigenvalue weighted by atomic mass is 10.1. The summed E-state index contributed by atoms with van der Waals surface area (Å²) in [5.74, 6) is 0.517. The first kappa shape index (κ1) is 22.6. The van der Waals surface area contributed by atoms with Gasteiger partial charge in [-0.05, 0) is 57.4 Å². The third-order valence-electron chi connectivity index (χ3n) is 4.75. The molecule has 0 aromatic heterocycles. The number of amides is 2. The van der Waals surface area contributed by atoms with Gasteiger partial charge in [0.05, 0.1) is 17.5 Å². The van der Waals surface area contributed by atoms with Gasteiger partial charge in [-0.3, -0.25) is 9.59 Å². The summed E-state index contributed by atoms with van der Waals surface area (Å²) >= 11 is 3.49. The lowest BCUT2D eigenvalue weighted by Crippen LogP contribution is -2.23. The molecule has 3 aromatic rings. The highest BCUT2D eigenvalue weighted by Gasteiger charge is 2.11. The molecule has 5 nitrogen and oxygen atoms in total. The van der Waals surface area contributed by atoms with Crippen LogP contribution in [0, 0.1) is 0 Å². The lowest BCUT2D eigenvalue weighted by molar-refractivity contribution is -0.127. The van der Waals surface area contributed by atoms with Gasteiger partial charge in [-0.2, -0.15) is 0 Å². The Bertz CT molecular complexity index is 1030. The standard InChI is InChI=1S/C25H25BrN2O3/c1-28(2)24(29)16-19-8-11-21(12-9-19)27-25(30)20-10-13-23(22(26)17-20)31-15-14-18-6-4-3-5-7-18/h3-13,17H,14-16H2,1-2H3,(H,27,30). The molecule has 0 saturated heterocycles. The second kappa shape index (κ2) is 10.8. The van der Waals surface area contributed by atoms with E-state index in [2.05, 4.69) is 33.4 Å². The average Bonchev–Trinajstić information content (AvgIpc) is 2.76. The third-order valence-corrected chi connectivity index (χ3v) is 5.37. The van der Waals surface area contributed by atoms with Gasteiger partial charge in [-0.1, -0.05) is 42.5 Å². The Morgan fingerprint density at radius 3 is 2.29 bits per heavy atom. The topological polar surface area (TPSA) is 58.6 Å². The minimum atomic E-state index is -0.214. The van der Waals surface area contributed by atoms with Gasteiger partial charge in [0.2, 0.25) is 5.91 Å². The van der Waals surface area contributed by atoms with Crippen LogP contribution in [0.2, 0.25) is 0 Å². The number of halogens is 1. The van der Waals surface area contributed by atoms with Crippen LogP contribution in [0.5, 0.6) is 5.75 Å². The largest absolute Gasteiger partial charge is 0.492 e. The Labute approximate surface area is 191 Å². The Morgan fingerprint density at radius 1 is 0.935 bits per heavy atom. The fourth-order valence-corrected chi connectivity index (χ4v) is 3.42. The van der Waals surface area contributed by atoms with E-state index in [1.54, 1.807) is 49.3 Å². The molecule has 0 heterocycles. The van der Waals surface area contributed by atoms with Gasteiger partial charge >= 0.3 is 0 Å². The molecule has 0 aliphatic carbocycles. The van der Waals surface area contributed by atoms with Crippen molar-refractivity contribution in [2.75, 3.05) is 26.0 Å². The van der Waals surface area contributed by atoms with Gasteiger partial charge in [0.1, 0.15) is 5.75 Å². The summed E-state index contributed by atoms with van der Waals surface area (Å²) in [6.45, 7) is 0.552. The second-order valence-corrected chi connectivity index (χ2v) is 8.20. The summed E-state index contributed by atoms with van der Waals surface area (Å²) in [7, 11) is 3.46. The molecule has 0 spiro atoms. The second-order valence-electron chi connectivity index (χ2n) is 7.35. The monoisotopic (exact) mass is 480 g/mol. The predicted octanol–water partition coefficient (Wildman–Crippen LogP) is 4.95. The number of ether oxygens (including phenoxy) is 1. The smallest absolute Gasteiger partial charge is 0.255 e. The van der Waals surface area contributed by atoms with E-state index in [-0.39, 0.29) is 11.8 Å². The number of rotatable bonds is 8. The van der Waals surface area contributed by atoms with Gasteiger partial charge in [-0.25, -0.2) is 0 Å². The van der Waals surface area contributed by atoms with E-state index < -0.39 is 0 Å². The van der Waals surface area contributed by atoms with Crippen LogP contribution in [0.3, 0.4) is 0 Å². The predicted molar refractivity (Wildman–Crippen MR) is 127 cm³/mol. The first-order valence-electron chi connectivity index (χ1n) is 9.99. The summed E-state index contributed by atoms with van der Waals surface area (Å²) in [6.07, 6.45) is 1.14. The van der Waals surface area contributed by atoms with Crippen molar-refractivity contribution in [2.45, 2.75) is 12.8 Å². The molecule has 0 fully saturated rings. The Balaban J connectivity index is 1.55. The molecule has 0 aliphatic heterocycles. The Hall–Kier alpha value is -3.12. The van der Waals surface area contributed by atoms with Crippen LogP contribution in [0.1, 0.15) is 21.5 Å². The number of anilines is 1. The molecular weight excluding hydrogens is 456 g/mol. The average molecular weight is 481 g/mol. The normalized spacial score (nSPS) is 10.4. The quantitative estimate of drug-likeness (QED) is 0.495. The molecule has 160 valence electrons. The summed E-state index contributed by atoms with van der Waals surface area (Å²) in [4.78, 5) is 26.0. The van der Waals surface area contributed by atoms with Crippen LogP contribution in [0.4, 0.5) is 5.69 Å². The van der Waals surface area contributed by atoms with E-state index >= 15 is 0 Å². The van der Waals surface area contributed by atoms with Crippen molar-refractivity contribution in [3.8, 4) is 5.75 Å². The van der Waals surface area contributed by atoms with E-state index in [1.165, 1.54) is 5.56 Å². The molecule has 0 aliphatic rings. The summed E-state index contributed by atoms with van der Waals surface area (Å²) < 4.78 is 6.57. The number of carbonyl (C=O) groups excluding carboxylic acids is 2. The molecule has 31 heavy (non-hydrogen) atoms. The zero-order chi connectivity index (χ0) is 22.2. The fourth-order valence-electron chi connectivity index (χ4n) is 2.92. The van der Waals surface area contributed by atoms with Crippen LogP contribution in [-0.2, 0) is 17.6 Å². The number of nitrogens with one attached hydrogen (secondary N) is 1. The van der Waals surface area contributed by atoms with Crippen molar-refractivity contribution in [1.82, 2.24) is 4.90 Å². The Kier molecular flexibility index (Phi) is 7.84.